The maximum atomic E-state index is 5.66. The maximum Gasteiger partial charge on any atom is 0.145 e. The molecule has 106 valence electrons. The molecule has 0 spiro atoms. The van der Waals surface area contributed by atoms with Gasteiger partial charge in [-0.1, -0.05) is 0 Å². The highest BCUT2D eigenvalue weighted by Crippen LogP contribution is 2.30. The molecule has 1 fully saturated rings. The van der Waals surface area contributed by atoms with Crippen molar-refractivity contribution in [3.63, 3.8) is 0 Å². The van der Waals surface area contributed by atoms with Gasteiger partial charge in [-0.15, -0.1) is 0 Å². The van der Waals surface area contributed by atoms with Gasteiger partial charge in [0.1, 0.15) is 11.6 Å². The Morgan fingerprint density at radius 2 is 2.10 bits per heavy atom. The Labute approximate surface area is 118 Å². The molecule has 3 rings (SSSR count). The number of anilines is 2. The van der Waals surface area contributed by atoms with Crippen molar-refractivity contribution in [3.05, 3.63) is 30.2 Å². The zero-order valence-electron chi connectivity index (χ0n) is 11.5. The van der Waals surface area contributed by atoms with Crippen LogP contribution in [-0.2, 0) is 0 Å². The van der Waals surface area contributed by atoms with Crippen LogP contribution in [-0.4, -0.2) is 35.4 Å². The van der Waals surface area contributed by atoms with E-state index in [-0.39, 0.29) is 0 Å². The van der Waals surface area contributed by atoms with Crippen molar-refractivity contribution in [3.8, 4) is 5.75 Å². The number of pyridine rings is 1. The maximum absolute atomic E-state index is 5.66. The zero-order chi connectivity index (χ0) is 13.9. The number of nitrogen functional groups attached to an aromatic ring is 1. The van der Waals surface area contributed by atoms with Crippen molar-refractivity contribution < 1.29 is 4.74 Å². The van der Waals surface area contributed by atoms with Crippen LogP contribution in [0.25, 0.3) is 0 Å². The Bertz CT molecular complexity index is 574. The van der Waals surface area contributed by atoms with E-state index in [0.717, 1.165) is 43.1 Å². The van der Waals surface area contributed by atoms with Crippen LogP contribution < -0.4 is 15.4 Å². The summed E-state index contributed by atoms with van der Waals surface area (Å²) in [6.07, 6.45) is 5.78. The molecule has 6 heteroatoms. The number of aromatic nitrogens is 3. The van der Waals surface area contributed by atoms with Crippen molar-refractivity contribution in [1.82, 2.24) is 15.2 Å². The van der Waals surface area contributed by atoms with Crippen LogP contribution in [0, 0.1) is 0 Å². The number of rotatable bonds is 3. The molecule has 0 amide bonds. The molecule has 0 radical (unpaired) electrons. The molecule has 2 aromatic heterocycles. The monoisotopic (exact) mass is 273 g/mol. The molecular formula is C14H19N5O. The molecule has 0 aromatic carbocycles. The van der Waals surface area contributed by atoms with Crippen LogP contribution in [0.15, 0.2) is 24.5 Å². The minimum atomic E-state index is 0.509. The molecule has 0 atom stereocenters. The molecule has 3 N–H and O–H groups in total. The molecular weight excluding hydrogens is 254 g/mol. The van der Waals surface area contributed by atoms with Gasteiger partial charge in [-0.05, 0) is 12.8 Å². The number of H-pyrrole nitrogens is 1. The first-order valence-electron chi connectivity index (χ1n) is 6.81. The summed E-state index contributed by atoms with van der Waals surface area (Å²) < 4.78 is 5.22. The van der Waals surface area contributed by atoms with Crippen LogP contribution in [0.4, 0.5) is 11.5 Å². The number of hydrogen-bond donors (Lipinski definition) is 2. The summed E-state index contributed by atoms with van der Waals surface area (Å²) in [5.41, 5.74) is 7.92. The first kappa shape index (κ1) is 12.8. The Morgan fingerprint density at radius 1 is 1.30 bits per heavy atom. The molecule has 0 saturated carbocycles. The van der Waals surface area contributed by atoms with E-state index in [4.69, 9.17) is 10.5 Å². The summed E-state index contributed by atoms with van der Waals surface area (Å²) in [6, 6.07) is 3.97. The van der Waals surface area contributed by atoms with Crippen LogP contribution in [0.2, 0.25) is 0 Å². The highest BCUT2D eigenvalue weighted by Gasteiger charge is 2.22. The number of methoxy groups -OCH3 is 1. The highest BCUT2D eigenvalue weighted by molar-refractivity contribution is 5.48. The lowest BCUT2D eigenvalue weighted by molar-refractivity contribution is 0.412. The molecule has 0 bridgehead atoms. The van der Waals surface area contributed by atoms with Crippen LogP contribution in [0.1, 0.15) is 24.5 Å². The number of hydrogen-bond acceptors (Lipinski definition) is 5. The third-order valence-electron chi connectivity index (χ3n) is 3.85. The molecule has 0 aliphatic carbocycles. The molecule has 1 saturated heterocycles. The van der Waals surface area contributed by atoms with Gasteiger partial charge >= 0.3 is 0 Å². The summed E-state index contributed by atoms with van der Waals surface area (Å²) in [7, 11) is 1.66. The predicted molar refractivity (Wildman–Crippen MR) is 78.0 cm³/mol. The van der Waals surface area contributed by atoms with Crippen LogP contribution in [0.3, 0.4) is 0 Å². The SMILES string of the molecule is COc1cncc(N2CCC(c3cc(N)n[nH]3)CC2)c1. The lowest BCUT2D eigenvalue weighted by atomic mass is 9.93. The smallest absolute Gasteiger partial charge is 0.145 e. The first-order chi connectivity index (χ1) is 9.76. The highest BCUT2D eigenvalue weighted by atomic mass is 16.5. The lowest BCUT2D eigenvalue weighted by Gasteiger charge is -2.33. The van der Waals surface area contributed by atoms with E-state index in [1.807, 2.05) is 18.3 Å². The summed E-state index contributed by atoms with van der Waals surface area (Å²) in [6.45, 7) is 2.00. The van der Waals surface area contributed by atoms with Gasteiger partial charge in [0.2, 0.25) is 0 Å². The quantitative estimate of drug-likeness (QED) is 0.891. The predicted octanol–water partition coefficient (Wildman–Crippen LogP) is 1.78. The second-order valence-corrected chi connectivity index (χ2v) is 5.09. The van der Waals surface area contributed by atoms with Crippen molar-refractivity contribution in [2.45, 2.75) is 18.8 Å². The average molecular weight is 273 g/mol. The summed E-state index contributed by atoms with van der Waals surface area (Å²) >= 11 is 0. The molecule has 1 aliphatic rings. The van der Waals surface area contributed by atoms with Gasteiger partial charge in [0.15, 0.2) is 0 Å². The van der Waals surface area contributed by atoms with Crippen LogP contribution >= 0.6 is 0 Å². The van der Waals surface area contributed by atoms with Crippen molar-refractivity contribution >= 4 is 11.5 Å². The lowest BCUT2D eigenvalue weighted by Crippen LogP contribution is -2.33. The van der Waals surface area contributed by atoms with Crippen LogP contribution in [0.5, 0.6) is 5.75 Å². The van der Waals surface area contributed by atoms with Crippen molar-refractivity contribution in [1.29, 1.82) is 0 Å². The number of nitrogens with zero attached hydrogens (tertiary/aromatic N) is 3. The number of nitrogens with one attached hydrogen (secondary N) is 1. The van der Waals surface area contributed by atoms with E-state index >= 15 is 0 Å². The van der Waals surface area contributed by atoms with Gasteiger partial charge in [0.05, 0.1) is 25.2 Å². The van der Waals surface area contributed by atoms with Gasteiger partial charge in [-0.25, -0.2) is 0 Å². The molecule has 2 aromatic rings. The van der Waals surface area contributed by atoms with E-state index < -0.39 is 0 Å². The largest absolute Gasteiger partial charge is 0.495 e. The van der Waals surface area contributed by atoms with E-state index in [2.05, 4.69) is 20.1 Å². The van der Waals surface area contributed by atoms with Gasteiger partial charge in [0.25, 0.3) is 0 Å². The van der Waals surface area contributed by atoms with E-state index in [1.165, 1.54) is 0 Å². The molecule has 0 unspecified atom stereocenters. The second kappa shape index (κ2) is 5.40. The van der Waals surface area contributed by atoms with E-state index in [1.54, 1.807) is 13.3 Å². The number of piperidine rings is 1. The number of aromatic amines is 1. The fourth-order valence-corrected chi connectivity index (χ4v) is 2.70. The normalized spacial score (nSPS) is 16.4. The number of ether oxygens (including phenoxy) is 1. The Hall–Kier alpha value is -2.24. The molecule has 3 heterocycles. The van der Waals surface area contributed by atoms with Gasteiger partial charge in [-0.3, -0.25) is 10.1 Å². The average Bonchev–Trinajstić information content (AvgIpc) is 2.94. The molecule has 1 aliphatic heterocycles. The zero-order valence-corrected chi connectivity index (χ0v) is 11.5. The standard InChI is InChI=1S/C14H19N5O/c1-20-12-6-11(8-16-9-12)19-4-2-10(3-5-19)13-7-14(15)18-17-13/h6-10H,2-5H2,1H3,(H3,15,17,18). The van der Waals surface area contributed by atoms with Crippen molar-refractivity contribution in [2.24, 2.45) is 0 Å². The Kier molecular flexibility index (Phi) is 3.45. The summed E-state index contributed by atoms with van der Waals surface area (Å²) in [4.78, 5) is 6.55. The Morgan fingerprint density at radius 3 is 2.75 bits per heavy atom. The topological polar surface area (TPSA) is 80.1 Å². The van der Waals surface area contributed by atoms with Gasteiger partial charge in [0, 0.05) is 36.8 Å². The summed E-state index contributed by atoms with van der Waals surface area (Å²) in [5, 5.41) is 7.03. The molecule has 20 heavy (non-hydrogen) atoms. The minimum absolute atomic E-state index is 0.509. The fourth-order valence-electron chi connectivity index (χ4n) is 2.70. The summed E-state index contributed by atoms with van der Waals surface area (Å²) in [5.74, 6) is 1.88. The third-order valence-corrected chi connectivity index (χ3v) is 3.85. The first-order valence-corrected chi connectivity index (χ1v) is 6.81. The Balaban J connectivity index is 1.66. The van der Waals surface area contributed by atoms with Gasteiger partial charge < -0.3 is 15.4 Å². The van der Waals surface area contributed by atoms with E-state index in [0.29, 0.717) is 11.7 Å². The van der Waals surface area contributed by atoms with E-state index in [9.17, 15) is 0 Å². The van der Waals surface area contributed by atoms with Crippen molar-refractivity contribution in [2.75, 3.05) is 30.8 Å². The number of nitrogens with two attached hydrogens (primary N) is 1. The fraction of sp³-hybridized carbons (Fsp3) is 0.429. The minimum Gasteiger partial charge on any atom is -0.495 e. The third kappa shape index (κ3) is 2.54. The second-order valence-electron chi connectivity index (χ2n) is 5.09. The van der Waals surface area contributed by atoms with Gasteiger partial charge in [-0.2, -0.15) is 5.10 Å². The molecule has 6 nitrogen and oxygen atoms in total.